The number of aromatic nitrogens is 1. The van der Waals surface area contributed by atoms with E-state index in [-0.39, 0.29) is 30.6 Å². The number of nitrogens with one attached hydrogen (secondary N) is 3. The average Bonchev–Trinajstić information content (AvgIpc) is 2.98. The molecule has 0 radical (unpaired) electrons. The second-order valence-electron chi connectivity index (χ2n) is 6.56. The Morgan fingerprint density at radius 3 is 2.89 bits per heavy atom. The van der Waals surface area contributed by atoms with Crippen LogP contribution in [0.5, 0.6) is 0 Å². The normalized spacial score (nSPS) is 16.1. The molecule has 0 bridgehead atoms. The summed E-state index contributed by atoms with van der Waals surface area (Å²) in [7, 11) is 0. The summed E-state index contributed by atoms with van der Waals surface area (Å²) in [6.45, 7) is 1.94. The Labute approximate surface area is 165 Å². The highest BCUT2D eigenvalue weighted by atomic mass is 32.1. The summed E-state index contributed by atoms with van der Waals surface area (Å²) >= 11 is 1.60. The Balaban J connectivity index is 1.38. The van der Waals surface area contributed by atoms with Crippen molar-refractivity contribution in [2.24, 2.45) is 0 Å². The fraction of sp³-hybridized carbons (Fsp3) is 0.200. The zero-order valence-electron chi connectivity index (χ0n) is 15.1. The van der Waals surface area contributed by atoms with Gasteiger partial charge in [-0.15, -0.1) is 11.3 Å². The number of aryl methyl sites for hydroxylation is 1. The molecule has 0 aliphatic carbocycles. The Bertz CT molecular complexity index is 1090. The van der Waals surface area contributed by atoms with Crippen LogP contribution in [0.1, 0.15) is 28.2 Å². The summed E-state index contributed by atoms with van der Waals surface area (Å²) in [6.07, 6.45) is 0.304. The third-order valence-corrected chi connectivity index (χ3v) is 5.44. The third kappa shape index (κ3) is 3.72. The monoisotopic (exact) mass is 394 g/mol. The van der Waals surface area contributed by atoms with Crippen LogP contribution in [0.2, 0.25) is 0 Å². The highest BCUT2D eigenvalue weighted by Crippen LogP contribution is 2.24. The maximum Gasteiger partial charge on any atom is 0.254 e. The van der Waals surface area contributed by atoms with E-state index in [4.69, 9.17) is 0 Å². The lowest BCUT2D eigenvalue weighted by atomic mass is 10.1. The maximum absolute atomic E-state index is 12.4. The molecule has 2 heterocycles. The van der Waals surface area contributed by atoms with Crippen molar-refractivity contribution < 1.29 is 14.4 Å². The van der Waals surface area contributed by atoms with Gasteiger partial charge in [-0.1, -0.05) is 12.1 Å². The van der Waals surface area contributed by atoms with Crippen LogP contribution in [-0.2, 0) is 9.59 Å². The van der Waals surface area contributed by atoms with Gasteiger partial charge in [0.2, 0.25) is 11.8 Å². The number of carbonyl (C=O) groups is 3. The van der Waals surface area contributed by atoms with Gasteiger partial charge in [-0.3, -0.25) is 14.4 Å². The topological polar surface area (TPSA) is 100 Å². The van der Waals surface area contributed by atoms with Crippen molar-refractivity contribution in [3.05, 3.63) is 53.0 Å². The average molecular weight is 394 g/mol. The van der Waals surface area contributed by atoms with Gasteiger partial charge in [-0.25, -0.2) is 4.98 Å². The summed E-state index contributed by atoms with van der Waals surface area (Å²) < 4.78 is 1.06. The van der Waals surface area contributed by atoms with Crippen molar-refractivity contribution in [1.29, 1.82) is 0 Å². The second kappa shape index (κ2) is 7.40. The van der Waals surface area contributed by atoms with E-state index in [1.165, 1.54) is 0 Å². The summed E-state index contributed by atoms with van der Waals surface area (Å²) in [6, 6.07) is 11.6. The van der Waals surface area contributed by atoms with Crippen LogP contribution >= 0.6 is 11.3 Å². The van der Waals surface area contributed by atoms with Crippen molar-refractivity contribution in [3.8, 4) is 0 Å². The van der Waals surface area contributed by atoms with Crippen LogP contribution in [-0.4, -0.2) is 28.7 Å². The molecule has 7 nitrogen and oxygen atoms in total. The van der Waals surface area contributed by atoms with Crippen LogP contribution in [0, 0.1) is 6.92 Å². The molecule has 28 heavy (non-hydrogen) atoms. The number of nitrogens with zero attached hydrogens (tertiary/aromatic N) is 1. The molecule has 0 spiro atoms. The summed E-state index contributed by atoms with van der Waals surface area (Å²) in [4.78, 5) is 41.4. The molecule has 1 atom stereocenters. The van der Waals surface area contributed by atoms with Crippen LogP contribution in [0.4, 0.5) is 11.4 Å². The smallest absolute Gasteiger partial charge is 0.254 e. The summed E-state index contributed by atoms with van der Waals surface area (Å²) in [5.41, 5.74) is 2.39. The van der Waals surface area contributed by atoms with Gasteiger partial charge in [0.15, 0.2) is 0 Å². The molecule has 2 aromatic carbocycles. The highest BCUT2D eigenvalue weighted by molar-refractivity contribution is 7.18. The molecule has 3 N–H and O–H groups in total. The first-order chi connectivity index (χ1) is 13.5. The molecule has 0 unspecified atom stereocenters. The molecule has 0 fully saturated rings. The number of fused-ring (bicyclic) bond motifs is 2. The molecule has 1 aromatic heterocycles. The minimum absolute atomic E-state index is 0.100. The predicted molar refractivity (Wildman–Crippen MR) is 109 cm³/mol. The number of para-hydroxylation sites is 1. The summed E-state index contributed by atoms with van der Waals surface area (Å²) in [5, 5.41) is 9.22. The number of hydrogen-bond donors (Lipinski definition) is 3. The van der Waals surface area contributed by atoms with Gasteiger partial charge >= 0.3 is 0 Å². The van der Waals surface area contributed by atoms with Crippen LogP contribution in [0.3, 0.4) is 0 Å². The quantitative estimate of drug-likeness (QED) is 0.633. The van der Waals surface area contributed by atoms with Crippen molar-refractivity contribution in [2.75, 3.05) is 10.6 Å². The van der Waals surface area contributed by atoms with Crippen molar-refractivity contribution in [3.63, 3.8) is 0 Å². The molecular formula is C20H18N4O3S. The van der Waals surface area contributed by atoms with Gasteiger partial charge in [0, 0.05) is 12.1 Å². The number of rotatable bonds is 4. The number of benzene rings is 2. The minimum atomic E-state index is -0.769. The molecule has 0 saturated carbocycles. The van der Waals surface area contributed by atoms with Gasteiger partial charge in [0.1, 0.15) is 6.04 Å². The third-order valence-electron chi connectivity index (χ3n) is 4.49. The maximum atomic E-state index is 12.4. The molecule has 8 heteroatoms. The number of amides is 3. The van der Waals surface area contributed by atoms with Gasteiger partial charge in [0.05, 0.1) is 26.5 Å². The lowest BCUT2D eigenvalue weighted by Crippen LogP contribution is -2.41. The Kier molecular flexibility index (Phi) is 4.79. The second-order valence-corrected chi connectivity index (χ2v) is 7.80. The van der Waals surface area contributed by atoms with E-state index in [9.17, 15) is 14.4 Å². The lowest BCUT2D eigenvalue weighted by molar-refractivity contribution is -0.118. The molecule has 1 aliphatic rings. The van der Waals surface area contributed by atoms with Crippen molar-refractivity contribution in [2.45, 2.75) is 25.8 Å². The fourth-order valence-electron chi connectivity index (χ4n) is 3.13. The molecule has 4 rings (SSSR count). The van der Waals surface area contributed by atoms with Crippen molar-refractivity contribution in [1.82, 2.24) is 10.3 Å². The zero-order chi connectivity index (χ0) is 19.7. The first-order valence-corrected chi connectivity index (χ1v) is 9.69. The van der Waals surface area contributed by atoms with E-state index in [2.05, 4.69) is 20.9 Å². The molecule has 142 valence electrons. The molecule has 3 aromatic rings. The van der Waals surface area contributed by atoms with E-state index < -0.39 is 6.04 Å². The number of anilines is 2. The molecule has 3 amide bonds. The standard InChI is InChI=1S/C20H18N4O3S/c1-11-21-16-10-12(6-8-17(16)28-11)22-18(25)9-7-15-20(27)23-14-5-3-2-4-13(14)19(26)24-15/h2-6,8,10,15H,7,9H2,1H3,(H,22,25)(H,23,27)(H,24,26)/t15-/m0/s1. The van der Waals surface area contributed by atoms with Crippen molar-refractivity contribution >= 4 is 50.6 Å². The van der Waals surface area contributed by atoms with Gasteiger partial charge < -0.3 is 16.0 Å². The SMILES string of the molecule is Cc1nc2cc(NC(=O)CC[C@@H]3NC(=O)c4ccccc4NC3=O)ccc2s1. The molecule has 0 saturated heterocycles. The number of carbonyl (C=O) groups excluding carboxylic acids is 3. The van der Waals surface area contributed by atoms with Crippen LogP contribution < -0.4 is 16.0 Å². The lowest BCUT2D eigenvalue weighted by Gasteiger charge is -2.14. The van der Waals surface area contributed by atoms with Crippen LogP contribution in [0.15, 0.2) is 42.5 Å². The van der Waals surface area contributed by atoms with E-state index in [1.807, 2.05) is 25.1 Å². The Hall–Kier alpha value is -3.26. The number of hydrogen-bond acceptors (Lipinski definition) is 5. The van der Waals surface area contributed by atoms with Gasteiger partial charge in [-0.2, -0.15) is 0 Å². The van der Waals surface area contributed by atoms with E-state index in [0.717, 1.165) is 15.2 Å². The zero-order valence-corrected chi connectivity index (χ0v) is 15.9. The Morgan fingerprint density at radius 2 is 2.04 bits per heavy atom. The van der Waals surface area contributed by atoms with E-state index in [0.29, 0.717) is 16.9 Å². The largest absolute Gasteiger partial charge is 0.340 e. The first kappa shape index (κ1) is 18.1. The predicted octanol–water partition coefficient (Wildman–Crippen LogP) is 3.07. The fourth-order valence-corrected chi connectivity index (χ4v) is 3.94. The van der Waals surface area contributed by atoms with Crippen LogP contribution in [0.25, 0.3) is 10.2 Å². The highest BCUT2D eigenvalue weighted by Gasteiger charge is 2.27. The van der Waals surface area contributed by atoms with E-state index >= 15 is 0 Å². The first-order valence-electron chi connectivity index (χ1n) is 8.87. The summed E-state index contributed by atoms with van der Waals surface area (Å²) in [5.74, 6) is -0.885. The molecular weight excluding hydrogens is 376 g/mol. The van der Waals surface area contributed by atoms with Gasteiger partial charge in [-0.05, 0) is 43.7 Å². The Morgan fingerprint density at radius 1 is 1.21 bits per heavy atom. The minimum Gasteiger partial charge on any atom is -0.340 e. The van der Waals surface area contributed by atoms with E-state index in [1.54, 1.807) is 35.6 Å². The molecule has 1 aliphatic heterocycles. The number of thiazole rings is 1. The van der Waals surface area contributed by atoms with Gasteiger partial charge in [0.25, 0.3) is 5.91 Å².